The number of anilines is 2. The molecule has 0 radical (unpaired) electrons. The van der Waals surface area contributed by atoms with Crippen molar-refractivity contribution in [3.8, 4) is 0 Å². The van der Waals surface area contributed by atoms with Crippen LogP contribution in [0.4, 0.5) is 11.8 Å². The number of nitrogen functional groups attached to an aromatic ring is 1. The van der Waals surface area contributed by atoms with Crippen molar-refractivity contribution in [3.05, 3.63) is 23.9 Å². The maximum absolute atomic E-state index is 5.51. The van der Waals surface area contributed by atoms with Gasteiger partial charge in [-0.2, -0.15) is 4.98 Å². The van der Waals surface area contributed by atoms with Crippen LogP contribution in [0.25, 0.3) is 0 Å². The van der Waals surface area contributed by atoms with Crippen molar-refractivity contribution < 1.29 is 0 Å². The lowest BCUT2D eigenvalue weighted by Gasteiger charge is -2.02. The number of nitrogens with zero attached hydrogens (tertiary/aromatic N) is 2. The van der Waals surface area contributed by atoms with Crippen molar-refractivity contribution in [2.75, 3.05) is 17.6 Å². The van der Waals surface area contributed by atoms with Gasteiger partial charge in [0, 0.05) is 12.7 Å². The Morgan fingerprint density at radius 3 is 3.00 bits per heavy atom. The molecule has 14 heavy (non-hydrogen) atoms. The van der Waals surface area contributed by atoms with Crippen molar-refractivity contribution in [1.29, 1.82) is 0 Å². The van der Waals surface area contributed by atoms with Crippen molar-refractivity contribution in [3.63, 3.8) is 0 Å². The van der Waals surface area contributed by atoms with Crippen LogP contribution in [0.1, 0.15) is 20.3 Å². The van der Waals surface area contributed by atoms with Gasteiger partial charge in [0.15, 0.2) is 0 Å². The van der Waals surface area contributed by atoms with Gasteiger partial charge in [-0.15, -0.1) is 0 Å². The summed E-state index contributed by atoms with van der Waals surface area (Å²) in [4.78, 5) is 8.06. The number of hydrogen-bond donors (Lipinski definition) is 2. The van der Waals surface area contributed by atoms with Gasteiger partial charge in [0.1, 0.15) is 5.82 Å². The van der Waals surface area contributed by atoms with Crippen LogP contribution in [0.5, 0.6) is 0 Å². The highest BCUT2D eigenvalue weighted by Crippen LogP contribution is 2.01. The molecule has 4 nitrogen and oxygen atoms in total. The van der Waals surface area contributed by atoms with E-state index in [-0.39, 0.29) is 0 Å². The van der Waals surface area contributed by atoms with Gasteiger partial charge in [-0.3, -0.25) is 0 Å². The average molecular weight is 192 g/mol. The highest BCUT2D eigenvalue weighted by molar-refractivity contribution is 5.34. The topological polar surface area (TPSA) is 63.8 Å². The molecule has 0 unspecified atom stereocenters. The largest absolute Gasteiger partial charge is 0.384 e. The second-order valence-corrected chi connectivity index (χ2v) is 3.30. The Bertz CT molecular complexity index is 316. The molecule has 0 aliphatic rings. The smallest absolute Gasteiger partial charge is 0.224 e. The van der Waals surface area contributed by atoms with E-state index >= 15 is 0 Å². The molecule has 0 aromatic carbocycles. The molecule has 1 aromatic rings. The van der Waals surface area contributed by atoms with Crippen LogP contribution < -0.4 is 11.1 Å². The van der Waals surface area contributed by atoms with Crippen LogP contribution in [0.15, 0.2) is 23.9 Å². The summed E-state index contributed by atoms with van der Waals surface area (Å²) in [5, 5.41) is 3.09. The van der Waals surface area contributed by atoms with Gasteiger partial charge in [-0.25, -0.2) is 4.98 Å². The zero-order valence-electron chi connectivity index (χ0n) is 8.62. The van der Waals surface area contributed by atoms with Crippen LogP contribution in [0.2, 0.25) is 0 Å². The van der Waals surface area contributed by atoms with E-state index in [1.165, 1.54) is 5.57 Å². The van der Waals surface area contributed by atoms with Crippen LogP contribution in [-0.4, -0.2) is 16.5 Å². The summed E-state index contributed by atoms with van der Waals surface area (Å²) in [7, 11) is 0. The monoisotopic (exact) mass is 192 g/mol. The summed E-state index contributed by atoms with van der Waals surface area (Å²) >= 11 is 0. The second-order valence-electron chi connectivity index (χ2n) is 3.30. The molecular formula is C10H16N4. The first kappa shape index (κ1) is 10.5. The molecule has 3 N–H and O–H groups in total. The van der Waals surface area contributed by atoms with Crippen molar-refractivity contribution in [2.24, 2.45) is 0 Å². The molecule has 0 amide bonds. The van der Waals surface area contributed by atoms with E-state index in [1.54, 1.807) is 12.3 Å². The van der Waals surface area contributed by atoms with Gasteiger partial charge in [-0.1, -0.05) is 11.6 Å². The number of rotatable bonds is 4. The van der Waals surface area contributed by atoms with Crippen LogP contribution in [0.3, 0.4) is 0 Å². The van der Waals surface area contributed by atoms with E-state index in [4.69, 9.17) is 5.73 Å². The van der Waals surface area contributed by atoms with E-state index in [9.17, 15) is 0 Å². The first-order chi connectivity index (χ1) is 6.68. The predicted molar refractivity (Wildman–Crippen MR) is 59.0 cm³/mol. The highest BCUT2D eigenvalue weighted by Gasteiger charge is 1.93. The molecule has 0 spiro atoms. The quantitative estimate of drug-likeness (QED) is 0.564. The lowest BCUT2D eigenvalue weighted by Crippen LogP contribution is -2.05. The van der Waals surface area contributed by atoms with E-state index in [1.807, 2.05) is 0 Å². The van der Waals surface area contributed by atoms with Gasteiger partial charge in [0.25, 0.3) is 0 Å². The highest BCUT2D eigenvalue weighted by atomic mass is 15.1. The van der Waals surface area contributed by atoms with Crippen LogP contribution in [-0.2, 0) is 0 Å². The third kappa shape index (κ3) is 3.89. The van der Waals surface area contributed by atoms with Crippen LogP contribution >= 0.6 is 0 Å². The fraction of sp³-hybridized carbons (Fsp3) is 0.400. The number of nitrogens with one attached hydrogen (secondary N) is 1. The number of nitrogens with two attached hydrogens (primary N) is 1. The molecule has 4 heteroatoms. The Kier molecular flexibility index (Phi) is 3.91. The standard InChI is InChI=1S/C10H16N4/c1-8(2)4-3-6-12-10-13-7-5-9(11)14-10/h4-5,7H,3,6H2,1-2H3,(H3,11,12,13,14). The molecule has 0 fully saturated rings. The molecule has 0 saturated carbocycles. The third-order valence-corrected chi connectivity index (χ3v) is 1.66. The normalized spacial score (nSPS) is 9.57. The first-order valence-electron chi connectivity index (χ1n) is 4.64. The van der Waals surface area contributed by atoms with Gasteiger partial charge in [0.05, 0.1) is 0 Å². The average Bonchev–Trinajstić information content (AvgIpc) is 2.12. The summed E-state index contributed by atoms with van der Waals surface area (Å²) < 4.78 is 0. The lowest BCUT2D eigenvalue weighted by molar-refractivity contribution is 1.01. The predicted octanol–water partition coefficient (Wildman–Crippen LogP) is 1.83. The lowest BCUT2D eigenvalue weighted by atomic mass is 10.3. The minimum atomic E-state index is 0.490. The molecule has 76 valence electrons. The van der Waals surface area contributed by atoms with Crippen molar-refractivity contribution in [1.82, 2.24) is 9.97 Å². The van der Waals surface area contributed by atoms with E-state index in [0.29, 0.717) is 11.8 Å². The molecule has 0 bridgehead atoms. The summed E-state index contributed by atoms with van der Waals surface area (Å²) in [5.41, 5.74) is 6.83. The van der Waals surface area contributed by atoms with E-state index in [0.717, 1.165) is 13.0 Å². The Morgan fingerprint density at radius 2 is 2.36 bits per heavy atom. The minimum Gasteiger partial charge on any atom is -0.384 e. The zero-order valence-corrected chi connectivity index (χ0v) is 8.62. The van der Waals surface area contributed by atoms with Crippen molar-refractivity contribution >= 4 is 11.8 Å². The van der Waals surface area contributed by atoms with E-state index in [2.05, 4.69) is 35.2 Å². The Balaban J connectivity index is 2.35. The third-order valence-electron chi connectivity index (χ3n) is 1.66. The summed E-state index contributed by atoms with van der Waals surface area (Å²) in [5.74, 6) is 1.08. The molecule has 1 heterocycles. The molecule has 1 rings (SSSR count). The number of allylic oxidation sites excluding steroid dienone is 1. The second kappa shape index (κ2) is 5.21. The molecule has 0 saturated heterocycles. The maximum Gasteiger partial charge on any atom is 0.224 e. The maximum atomic E-state index is 5.51. The van der Waals surface area contributed by atoms with Crippen LogP contribution in [0, 0.1) is 0 Å². The van der Waals surface area contributed by atoms with Gasteiger partial charge in [-0.05, 0) is 26.3 Å². The Hall–Kier alpha value is -1.58. The number of hydrogen-bond acceptors (Lipinski definition) is 4. The SMILES string of the molecule is CC(C)=CCCNc1nccc(N)n1. The molecule has 0 atom stereocenters. The van der Waals surface area contributed by atoms with Gasteiger partial charge >= 0.3 is 0 Å². The molecule has 0 aliphatic heterocycles. The first-order valence-corrected chi connectivity index (χ1v) is 4.64. The summed E-state index contributed by atoms with van der Waals surface area (Å²) in [6.45, 7) is 4.99. The molecular weight excluding hydrogens is 176 g/mol. The molecule has 0 aliphatic carbocycles. The number of aromatic nitrogens is 2. The van der Waals surface area contributed by atoms with Gasteiger partial charge < -0.3 is 11.1 Å². The minimum absolute atomic E-state index is 0.490. The fourth-order valence-corrected chi connectivity index (χ4v) is 1.00. The molecule has 1 aromatic heterocycles. The zero-order chi connectivity index (χ0) is 10.4. The fourth-order valence-electron chi connectivity index (χ4n) is 1.00. The summed E-state index contributed by atoms with van der Waals surface area (Å²) in [6.07, 6.45) is 4.78. The van der Waals surface area contributed by atoms with Crippen molar-refractivity contribution in [2.45, 2.75) is 20.3 Å². The Labute approximate surface area is 84.3 Å². The summed E-state index contributed by atoms with van der Waals surface area (Å²) in [6, 6.07) is 1.67. The van der Waals surface area contributed by atoms with E-state index < -0.39 is 0 Å². The van der Waals surface area contributed by atoms with Gasteiger partial charge in [0.2, 0.25) is 5.95 Å². The Morgan fingerprint density at radius 1 is 1.57 bits per heavy atom.